The van der Waals surface area contributed by atoms with Crippen LogP contribution in [0.25, 0.3) is 0 Å². The molecule has 0 radical (unpaired) electrons. The molecular weight excluding hydrogens is 598 g/mol. The Hall–Kier alpha value is -2.50. The average molecular weight is 621 g/mol. The summed E-state index contributed by atoms with van der Waals surface area (Å²) in [5.41, 5.74) is -0.00227. The summed E-state index contributed by atoms with van der Waals surface area (Å²) < 4.78 is 67.5. The van der Waals surface area contributed by atoms with E-state index >= 15 is 0 Å². The molecule has 0 aromatic heterocycles. The molecule has 0 aliphatic carbocycles. The molecule has 1 saturated heterocycles. The predicted molar refractivity (Wildman–Crippen MR) is 146 cm³/mol. The van der Waals surface area contributed by atoms with Crippen LogP contribution in [0.3, 0.4) is 0 Å². The number of amides is 1. The quantitative estimate of drug-likeness (QED) is 0.315. The van der Waals surface area contributed by atoms with Crippen LogP contribution in [0.4, 0.5) is 18.9 Å². The number of carbonyl (C=O) groups excluding carboxylic acids is 1. The highest BCUT2D eigenvalue weighted by Crippen LogP contribution is 2.32. The van der Waals surface area contributed by atoms with Gasteiger partial charge in [0.2, 0.25) is 15.9 Å². The van der Waals surface area contributed by atoms with Crippen LogP contribution in [0.5, 0.6) is 0 Å². The fourth-order valence-electron chi connectivity index (χ4n) is 4.19. The van der Waals surface area contributed by atoms with Gasteiger partial charge < -0.3 is 9.80 Å². The minimum absolute atomic E-state index is 0.0581. The predicted octanol–water partition coefficient (Wildman–Crippen LogP) is 6.21. The summed E-state index contributed by atoms with van der Waals surface area (Å²) in [6.07, 6.45) is -4.46. The number of anilines is 1. The highest BCUT2D eigenvalue weighted by atomic mass is 35.5. The Morgan fingerprint density at radius 2 is 1.46 bits per heavy atom. The van der Waals surface area contributed by atoms with E-state index in [4.69, 9.17) is 34.8 Å². The molecule has 0 N–H and O–H groups in total. The maximum absolute atomic E-state index is 13.6. The molecule has 13 heteroatoms. The van der Waals surface area contributed by atoms with Crippen LogP contribution >= 0.6 is 34.8 Å². The van der Waals surface area contributed by atoms with Crippen LogP contribution in [0.1, 0.15) is 11.1 Å². The lowest BCUT2D eigenvalue weighted by Crippen LogP contribution is -2.51. The monoisotopic (exact) mass is 619 g/mol. The van der Waals surface area contributed by atoms with Gasteiger partial charge in [-0.05, 0) is 54.6 Å². The van der Waals surface area contributed by atoms with Crippen molar-refractivity contribution < 1.29 is 26.4 Å². The summed E-state index contributed by atoms with van der Waals surface area (Å²) >= 11 is 18.5. The molecule has 1 fully saturated rings. The third-order valence-electron chi connectivity index (χ3n) is 6.33. The van der Waals surface area contributed by atoms with Crippen LogP contribution in [0, 0.1) is 0 Å². The van der Waals surface area contributed by atoms with Gasteiger partial charge in [-0.2, -0.15) is 17.5 Å². The number of sulfonamides is 1. The molecule has 0 unspecified atom stereocenters. The van der Waals surface area contributed by atoms with Gasteiger partial charge in [0, 0.05) is 59.0 Å². The number of hydrogen-bond donors (Lipinski definition) is 0. The van der Waals surface area contributed by atoms with Gasteiger partial charge in [-0.3, -0.25) is 4.79 Å². The lowest BCUT2D eigenvalue weighted by atomic mass is 10.1. The molecule has 1 aliphatic rings. The van der Waals surface area contributed by atoms with E-state index < -0.39 is 34.2 Å². The molecule has 0 bridgehead atoms. The number of halogens is 6. The molecule has 0 spiro atoms. The summed E-state index contributed by atoms with van der Waals surface area (Å²) in [7, 11) is -4.16. The number of alkyl halides is 3. The van der Waals surface area contributed by atoms with Gasteiger partial charge >= 0.3 is 6.18 Å². The fraction of sp³-hybridized carbons (Fsp3) is 0.269. The number of rotatable bonds is 7. The lowest BCUT2D eigenvalue weighted by molar-refractivity contribution is -0.137. The maximum atomic E-state index is 13.6. The molecule has 3 aromatic carbocycles. The Bertz CT molecular complexity index is 1430. The average Bonchev–Trinajstić information content (AvgIpc) is 2.90. The minimum atomic E-state index is -4.46. The third-order valence-corrected chi connectivity index (χ3v) is 9.10. The number of piperazine rings is 1. The van der Waals surface area contributed by atoms with Gasteiger partial charge in [-0.1, -0.05) is 46.9 Å². The fourth-order valence-corrected chi connectivity index (χ4v) is 6.19. The molecular formula is C26H23Cl3F3N3O3S. The van der Waals surface area contributed by atoms with Crippen LogP contribution < -0.4 is 4.90 Å². The van der Waals surface area contributed by atoms with Crippen molar-refractivity contribution in [1.82, 2.24) is 9.21 Å². The van der Waals surface area contributed by atoms with Crippen molar-refractivity contribution in [3.05, 3.63) is 92.9 Å². The Balaban J connectivity index is 1.52. The molecule has 39 heavy (non-hydrogen) atoms. The van der Waals surface area contributed by atoms with Gasteiger partial charge in [0.15, 0.2) is 0 Å². The molecule has 0 saturated carbocycles. The SMILES string of the molecule is O=C(CN(Cc1c(Cl)cccc1Cl)S(=O)(=O)c1ccc(Cl)cc1)N1CCN(c2cccc(C(F)(F)F)c2)CC1. The zero-order valence-corrected chi connectivity index (χ0v) is 23.4. The van der Waals surface area contributed by atoms with Crippen LogP contribution in [-0.2, 0) is 27.5 Å². The first kappa shape index (κ1) is 29.5. The molecule has 208 valence electrons. The second kappa shape index (κ2) is 11.9. The first-order valence-electron chi connectivity index (χ1n) is 11.7. The Morgan fingerprint density at radius 1 is 0.872 bits per heavy atom. The smallest absolute Gasteiger partial charge is 0.368 e. The number of hydrogen-bond acceptors (Lipinski definition) is 4. The maximum Gasteiger partial charge on any atom is 0.416 e. The van der Waals surface area contributed by atoms with Crippen molar-refractivity contribution in [2.75, 3.05) is 37.6 Å². The van der Waals surface area contributed by atoms with E-state index in [1.165, 1.54) is 35.2 Å². The Kier molecular flexibility index (Phi) is 9.02. The summed E-state index contributed by atoms with van der Waals surface area (Å²) in [5, 5.41) is 0.853. The highest BCUT2D eigenvalue weighted by molar-refractivity contribution is 7.89. The van der Waals surface area contributed by atoms with Crippen molar-refractivity contribution in [2.45, 2.75) is 17.6 Å². The second-order valence-electron chi connectivity index (χ2n) is 8.84. The van der Waals surface area contributed by atoms with E-state index in [1.807, 2.05) is 0 Å². The molecule has 1 heterocycles. The largest absolute Gasteiger partial charge is 0.416 e. The van der Waals surface area contributed by atoms with Crippen molar-refractivity contribution in [1.29, 1.82) is 0 Å². The van der Waals surface area contributed by atoms with Gasteiger partial charge in [0.05, 0.1) is 17.0 Å². The van der Waals surface area contributed by atoms with Gasteiger partial charge in [-0.25, -0.2) is 8.42 Å². The van der Waals surface area contributed by atoms with E-state index in [1.54, 1.807) is 29.2 Å². The Morgan fingerprint density at radius 3 is 2.05 bits per heavy atom. The molecule has 0 atom stereocenters. The second-order valence-corrected chi connectivity index (χ2v) is 12.0. The third kappa shape index (κ3) is 6.99. The number of nitrogens with zero attached hydrogens (tertiary/aromatic N) is 3. The molecule has 1 aliphatic heterocycles. The van der Waals surface area contributed by atoms with Gasteiger partial charge in [0.25, 0.3) is 0 Å². The van der Waals surface area contributed by atoms with Gasteiger partial charge in [0.1, 0.15) is 0 Å². The standard InChI is InChI=1S/C26H23Cl3F3N3O3S/c27-19-7-9-21(10-8-19)39(37,38)35(16-22-23(28)5-2-6-24(22)29)17-25(36)34-13-11-33(12-14-34)20-4-1-3-18(15-20)26(30,31)32/h1-10,15H,11-14,16-17H2. The number of carbonyl (C=O) groups is 1. The van der Waals surface area contributed by atoms with Crippen molar-refractivity contribution in [2.24, 2.45) is 0 Å². The summed E-state index contributed by atoms with van der Waals surface area (Å²) in [5.74, 6) is -0.459. The molecule has 6 nitrogen and oxygen atoms in total. The first-order valence-corrected chi connectivity index (χ1v) is 14.3. The Labute approximate surface area is 239 Å². The lowest BCUT2D eigenvalue weighted by Gasteiger charge is -2.37. The molecule has 1 amide bonds. The van der Waals surface area contributed by atoms with Crippen LogP contribution in [0.15, 0.2) is 71.6 Å². The zero-order valence-electron chi connectivity index (χ0n) is 20.3. The van der Waals surface area contributed by atoms with Crippen LogP contribution in [-0.4, -0.2) is 56.3 Å². The molecule has 3 aromatic rings. The molecule has 4 rings (SSSR count). The van der Waals surface area contributed by atoms with E-state index in [0.29, 0.717) is 16.3 Å². The topological polar surface area (TPSA) is 60.9 Å². The van der Waals surface area contributed by atoms with Crippen LogP contribution in [0.2, 0.25) is 15.1 Å². The van der Waals surface area contributed by atoms with E-state index in [0.717, 1.165) is 16.4 Å². The van der Waals surface area contributed by atoms with E-state index in [-0.39, 0.29) is 47.7 Å². The van der Waals surface area contributed by atoms with Crippen molar-refractivity contribution >= 4 is 56.4 Å². The summed E-state index contributed by atoms with van der Waals surface area (Å²) in [6, 6.07) is 15.3. The van der Waals surface area contributed by atoms with E-state index in [2.05, 4.69) is 0 Å². The van der Waals surface area contributed by atoms with E-state index in [9.17, 15) is 26.4 Å². The van der Waals surface area contributed by atoms with Crippen molar-refractivity contribution in [3.8, 4) is 0 Å². The highest BCUT2D eigenvalue weighted by Gasteiger charge is 2.33. The number of benzene rings is 3. The first-order chi connectivity index (χ1) is 18.4. The summed E-state index contributed by atoms with van der Waals surface area (Å²) in [4.78, 5) is 16.5. The zero-order chi connectivity index (χ0) is 28.4. The normalized spacial score (nSPS) is 14.6. The minimum Gasteiger partial charge on any atom is -0.368 e. The van der Waals surface area contributed by atoms with Gasteiger partial charge in [-0.15, -0.1) is 0 Å². The summed E-state index contributed by atoms with van der Waals surface area (Å²) in [6.45, 7) is 0.240. The van der Waals surface area contributed by atoms with Crippen molar-refractivity contribution in [3.63, 3.8) is 0 Å².